The Bertz CT molecular complexity index is 121. The fourth-order valence-electron chi connectivity index (χ4n) is 1.17. The standard InChI is InChI=1S/C7H15N3O/c1-6-2-10-7(4-9-6)3-8-5-11/h5-7,9-10H,2-4H2,1H3,(H,8,11). The maximum absolute atomic E-state index is 9.95. The lowest BCUT2D eigenvalue weighted by molar-refractivity contribution is -0.109. The van der Waals surface area contributed by atoms with Gasteiger partial charge in [0.15, 0.2) is 0 Å². The zero-order valence-electron chi connectivity index (χ0n) is 6.76. The summed E-state index contributed by atoms with van der Waals surface area (Å²) >= 11 is 0. The lowest BCUT2D eigenvalue weighted by Gasteiger charge is -2.28. The molecule has 1 heterocycles. The molecule has 3 N–H and O–H groups in total. The highest BCUT2D eigenvalue weighted by Gasteiger charge is 2.15. The largest absolute Gasteiger partial charge is 0.357 e. The van der Waals surface area contributed by atoms with E-state index in [0.29, 0.717) is 18.6 Å². The zero-order chi connectivity index (χ0) is 8.10. The van der Waals surface area contributed by atoms with Gasteiger partial charge >= 0.3 is 0 Å². The van der Waals surface area contributed by atoms with Gasteiger partial charge in [-0.3, -0.25) is 4.79 Å². The third-order valence-corrected chi connectivity index (χ3v) is 1.87. The third kappa shape index (κ3) is 2.86. The minimum Gasteiger partial charge on any atom is -0.357 e. The van der Waals surface area contributed by atoms with Crippen molar-refractivity contribution in [3.63, 3.8) is 0 Å². The Hall–Kier alpha value is -0.610. The fourth-order valence-corrected chi connectivity index (χ4v) is 1.17. The predicted octanol–water partition coefficient (Wildman–Crippen LogP) is -1.32. The van der Waals surface area contributed by atoms with Crippen molar-refractivity contribution in [3.05, 3.63) is 0 Å². The first-order valence-electron chi connectivity index (χ1n) is 3.96. The summed E-state index contributed by atoms with van der Waals surface area (Å²) in [5, 5.41) is 9.29. The van der Waals surface area contributed by atoms with Gasteiger partial charge < -0.3 is 16.0 Å². The fraction of sp³-hybridized carbons (Fsp3) is 0.857. The second-order valence-electron chi connectivity index (χ2n) is 2.94. The number of rotatable bonds is 3. The summed E-state index contributed by atoms with van der Waals surface area (Å²) in [6.07, 6.45) is 0.736. The Kier molecular flexibility index (Phi) is 3.32. The number of amides is 1. The molecule has 0 bridgehead atoms. The summed E-state index contributed by atoms with van der Waals surface area (Å²) in [7, 11) is 0. The van der Waals surface area contributed by atoms with Gasteiger partial charge in [0, 0.05) is 31.7 Å². The Morgan fingerprint density at radius 1 is 1.55 bits per heavy atom. The van der Waals surface area contributed by atoms with E-state index >= 15 is 0 Å². The van der Waals surface area contributed by atoms with E-state index in [-0.39, 0.29) is 0 Å². The SMILES string of the molecule is CC1CNC(CNC=O)CN1. The maximum atomic E-state index is 9.95. The molecule has 1 amide bonds. The molecular weight excluding hydrogens is 142 g/mol. The van der Waals surface area contributed by atoms with Crippen molar-refractivity contribution in [2.75, 3.05) is 19.6 Å². The van der Waals surface area contributed by atoms with Crippen LogP contribution in [0, 0.1) is 0 Å². The van der Waals surface area contributed by atoms with Crippen LogP contribution in [0.4, 0.5) is 0 Å². The van der Waals surface area contributed by atoms with Gasteiger partial charge in [0.05, 0.1) is 0 Å². The van der Waals surface area contributed by atoms with Crippen LogP contribution < -0.4 is 16.0 Å². The molecule has 11 heavy (non-hydrogen) atoms. The van der Waals surface area contributed by atoms with Crippen LogP contribution in [0.2, 0.25) is 0 Å². The maximum Gasteiger partial charge on any atom is 0.207 e. The number of piperazine rings is 1. The highest BCUT2D eigenvalue weighted by molar-refractivity contribution is 5.45. The van der Waals surface area contributed by atoms with E-state index < -0.39 is 0 Å². The minimum atomic E-state index is 0.386. The predicted molar refractivity (Wildman–Crippen MR) is 43.3 cm³/mol. The molecule has 4 nitrogen and oxygen atoms in total. The molecule has 2 unspecified atom stereocenters. The summed E-state index contributed by atoms with van der Waals surface area (Å²) in [4.78, 5) is 9.95. The molecule has 2 atom stereocenters. The van der Waals surface area contributed by atoms with Crippen molar-refractivity contribution in [1.82, 2.24) is 16.0 Å². The van der Waals surface area contributed by atoms with E-state index in [1.54, 1.807) is 0 Å². The van der Waals surface area contributed by atoms with Crippen LogP contribution in [0.5, 0.6) is 0 Å². The van der Waals surface area contributed by atoms with Crippen LogP contribution in [0.1, 0.15) is 6.92 Å². The van der Waals surface area contributed by atoms with Crippen LogP contribution in [0.15, 0.2) is 0 Å². The lowest BCUT2D eigenvalue weighted by atomic mass is 10.2. The Morgan fingerprint density at radius 3 is 2.91 bits per heavy atom. The topological polar surface area (TPSA) is 53.2 Å². The summed E-state index contributed by atoms with van der Waals surface area (Å²) in [5.74, 6) is 0. The van der Waals surface area contributed by atoms with E-state index in [1.165, 1.54) is 0 Å². The Balaban J connectivity index is 2.12. The zero-order valence-corrected chi connectivity index (χ0v) is 6.76. The molecule has 64 valence electrons. The van der Waals surface area contributed by atoms with Crippen LogP contribution in [-0.2, 0) is 4.79 Å². The van der Waals surface area contributed by atoms with Crippen LogP contribution in [0.25, 0.3) is 0 Å². The van der Waals surface area contributed by atoms with Crippen molar-refractivity contribution in [2.24, 2.45) is 0 Å². The molecule has 0 radical (unpaired) electrons. The summed E-state index contributed by atoms with van der Waals surface area (Å²) in [6, 6.07) is 0.930. The first kappa shape index (κ1) is 8.49. The summed E-state index contributed by atoms with van der Waals surface area (Å²) in [5.41, 5.74) is 0. The molecule has 4 heteroatoms. The molecule has 0 aliphatic carbocycles. The second-order valence-corrected chi connectivity index (χ2v) is 2.94. The average molecular weight is 157 g/mol. The third-order valence-electron chi connectivity index (χ3n) is 1.87. The Morgan fingerprint density at radius 2 is 2.36 bits per heavy atom. The molecule has 1 saturated heterocycles. The second kappa shape index (κ2) is 4.31. The van der Waals surface area contributed by atoms with Gasteiger partial charge in [0.1, 0.15) is 0 Å². The van der Waals surface area contributed by atoms with Crippen molar-refractivity contribution < 1.29 is 4.79 Å². The first-order chi connectivity index (χ1) is 5.33. The molecular formula is C7H15N3O. The molecule has 0 spiro atoms. The number of carbonyl (C=O) groups is 1. The van der Waals surface area contributed by atoms with E-state index in [4.69, 9.17) is 0 Å². The van der Waals surface area contributed by atoms with Gasteiger partial charge in [0.25, 0.3) is 0 Å². The summed E-state index contributed by atoms with van der Waals surface area (Å²) in [6.45, 7) is 4.76. The number of carbonyl (C=O) groups excluding carboxylic acids is 1. The van der Waals surface area contributed by atoms with E-state index in [9.17, 15) is 4.79 Å². The van der Waals surface area contributed by atoms with Crippen LogP contribution in [0.3, 0.4) is 0 Å². The minimum absolute atomic E-state index is 0.386. The highest BCUT2D eigenvalue weighted by Crippen LogP contribution is 1.90. The van der Waals surface area contributed by atoms with E-state index in [0.717, 1.165) is 19.5 Å². The van der Waals surface area contributed by atoms with Crippen molar-refractivity contribution >= 4 is 6.41 Å². The van der Waals surface area contributed by atoms with E-state index in [1.807, 2.05) is 0 Å². The van der Waals surface area contributed by atoms with Gasteiger partial charge in [0.2, 0.25) is 6.41 Å². The molecule has 0 aromatic rings. The van der Waals surface area contributed by atoms with Crippen molar-refractivity contribution in [3.8, 4) is 0 Å². The number of nitrogens with one attached hydrogen (secondary N) is 3. The van der Waals surface area contributed by atoms with Crippen molar-refractivity contribution in [2.45, 2.75) is 19.0 Å². The molecule has 0 aromatic heterocycles. The van der Waals surface area contributed by atoms with Gasteiger partial charge in [-0.25, -0.2) is 0 Å². The van der Waals surface area contributed by atoms with Crippen LogP contribution >= 0.6 is 0 Å². The number of hydrogen-bond acceptors (Lipinski definition) is 3. The van der Waals surface area contributed by atoms with E-state index in [2.05, 4.69) is 22.9 Å². The average Bonchev–Trinajstić information content (AvgIpc) is 2.04. The molecule has 0 saturated carbocycles. The molecule has 1 aliphatic rings. The van der Waals surface area contributed by atoms with Crippen molar-refractivity contribution in [1.29, 1.82) is 0 Å². The van der Waals surface area contributed by atoms with Gasteiger partial charge in [-0.1, -0.05) is 0 Å². The van der Waals surface area contributed by atoms with Gasteiger partial charge in [-0.15, -0.1) is 0 Å². The normalized spacial score (nSPS) is 31.4. The molecule has 1 aliphatic heterocycles. The molecule has 1 rings (SSSR count). The van der Waals surface area contributed by atoms with Gasteiger partial charge in [-0.05, 0) is 6.92 Å². The quantitative estimate of drug-likeness (QED) is 0.445. The summed E-state index contributed by atoms with van der Waals surface area (Å²) < 4.78 is 0. The lowest BCUT2D eigenvalue weighted by Crippen LogP contribution is -2.56. The monoisotopic (exact) mass is 157 g/mol. The van der Waals surface area contributed by atoms with Crippen LogP contribution in [-0.4, -0.2) is 38.1 Å². The Labute approximate surface area is 66.7 Å². The van der Waals surface area contributed by atoms with Gasteiger partial charge in [-0.2, -0.15) is 0 Å². The number of hydrogen-bond donors (Lipinski definition) is 3. The molecule has 0 aromatic carbocycles. The highest BCUT2D eigenvalue weighted by atomic mass is 16.1. The molecule has 1 fully saturated rings. The smallest absolute Gasteiger partial charge is 0.207 e. The first-order valence-corrected chi connectivity index (χ1v) is 3.96.